The Kier molecular flexibility index (Phi) is 4.58. The second-order valence-corrected chi connectivity index (χ2v) is 5.31. The minimum Gasteiger partial charge on any atom is -0.393 e. The molecule has 1 aromatic heterocycles. The second-order valence-electron chi connectivity index (χ2n) is 5.31. The number of hydrogen-bond donors (Lipinski definition) is 2. The van der Waals surface area contributed by atoms with Gasteiger partial charge in [-0.25, -0.2) is 0 Å². The van der Waals surface area contributed by atoms with Gasteiger partial charge in [0.25, 0.3) is 5.91 Å². The van der Waals surface area contributed by atoms with E-state index < -0.39 is 0 Å². The monoisotopic (exact) mass is 265 g/mol. The highest BCUT2D eigenvalue weighted by atomic mass is 16.3. The summed E-state index contributed by atoms with van der Waals surface area (Å²) in [7, 11) is 0. The molecule has 0 spiro atoms. The zero-order valence-corrected chi connectivity index (χ0v) is 11.7. The Morgan fingerprint density at radius 3 is 2.95 bits per heavy atom. The fourth-order valence-corrected chi connectivity index (χ4v) is 2.71. The Morgan fingerprint density at radius 1 is 1.53 bits per heavy atom. The number of nitrogens with one attached hydrogen (secondary N) is 1. The van der Waals surface area contributed by atoms with Crippen LogP contribution in [0, 0.1) is 12.8 Å². The summed E-state index contributed by atoms with van der Waals surface area (Å²) in [6, 6.07) is 1.80. The van der Waals surface area contributed by atoms with Crippen LogP contribution in [-0.2, 0) is 6.54 Å². The molecule has 1 heterocycles. The average Bonchev–Trinajstić information content (AvgIpc) is 2.79. The summed E-state index contributed by atoms with van der Waals surface area (Å²) < 4.78 is 1.71. The van der Waals surface area contributed by atoms with Crippen molar-refractivity contribution in [2.24, 2.45) is 5.92 Å². The largest absolute Gasteiger partial charge is 0.393 e. The van der Waals surface area contributed by atoms with Gasteiger partial charge in [0, 0.05) is 19.0 Å². The minimum absolute atomic E-state index is 0.0970. The van der Waals surface area contributed by atoms with Gasteiger partial charge in [0.15, 0.2) is 0 Å². The number of aryl methyl sites for hydroxylation is 2. The molecule has 0 aromatic carbocycles. The van der Waals surface area contributed by atoms with Crippen molar-refractivity contribution < 1.29 is 9.90 Å². The molecule has 106 valence electrons. The quantitative estimate of drug-likeness (QED) is 0.866. The van der Waals surface area contributed by atoms with Crippen LogP contribution in [0.15, 0.2) is 6.07 Å². The van der Waals surface area contributed by atoms with Gasteiger partial charge in [-0.05, 0) is 32.8 Å². The van der Waals surface area contributed by atoms with Crippen LogP contribution in [0.3, 0.4) is 0 Å². The normalized spacial score (nSPS) is 23.3. The number of aromatic nitrogens is 2. The van der Waals surface area contributed by atoms with Gasteiger partial charge in [-0.1, -0.05) is 12.8 Å². The third-order valence-electron chi connectivity index (χ3n) is 3.83. The number of rotatable bonds is 4. The highest BCUT2D eigenvalue weighted by Crippen LogP contribution is 2.23. The van der Waals surface area contributed by atoms with Crippen molar-refractivity contribution in [3.05, 3.63) is 17.5 Å². The summed E-state index contributed by atoms with van der Waals surface area (Å²) in [5.41, 5.74) is 1.45. The van der Waals surface area contributed by atoms with Crippen LogP contribution in [0.1, 0.15) is 48.8 Å². The van der Waals surface area contributed by atoms with Gasteiger partial charge >= 0.3 is 0 Å². The Labute approximate surface area is 114 Å². The van der Waals surface area contributed by atoms with Gasteiger partial charge < -0.3 is 10.4 Å². The van der Waals surface area contributed by atoms with Crippen LogP contribution in [0.25, 0.3) is 0 Å². The molecule has 2 atom stereocenters. The molecule has 1 aliphatic carbocycles. The number of aliphatic hydroxyl groups is 1. The molecule has 2 N–H and O–H groups in total. The molecule has 0 radical (unpaired) electrons. The van der Waals surface area contributed by atoms with Gasteiger partial charge in [-0.3, -0.25) is 9.48 Å². The van der Waals surface area contributed by atoms with Gasteiger partial charge in [0.1, 0.15) is 5.69 Å². The summed E-state index contributed by atoms with van der Waals surface area (Å²) in [5, 5.41) is 17.1. The number of carbonyl (C=O) groups excluding carboxylic acids is 1. The predicted molar refractivity (Wildman–Crippen MR) is 72.9 cm³/mol. The van der Waals surface area contributed by atoms with Crippen LogP contribution >= 0.6 is 0 Å². The van der Waals surface area contributed by atoms with E-state index in [1.165, 1.54) is 0 Å². The van der Waals surface area contributed by atoms with E-state index in [2.05, 4.69) is 10.4 Å². The highest BCUT2D eigenvalue weighted by molar-refractivity contribution is 5.92. The van der Waals surface area contributed by atoms with Crippen LogP contribution in [-0.4, -0.2) is 33.4 Å². The topological polar surface area (TPSA) is 67.2 Å². The number of hydrogen-bond acceptors (Lipinski definition) is 3. The average molecular weight is 265 g/mol. The minimum atomic E-state index is -0.271. The molecular weight excluding hydrogens is 242 g/mol. The van der Waals surface area contributed by atoms with Gasteiger partial charge in [-0.15, -0.1) is 0 Å². The third kappa shape index (κ3) is 3.35. The third-order valence-corrected chi connectivity index (χ3v) is 3.83. The molecule has 1 aliphatic rings. The smallest absolute Gasteiger partial charge is 0.269 e. The molecule has 0 saturated heterocycles. The fourth-order valence-electron chi connectivity index (χ4n) is 2.71. The SMILES string of the molecule is CCn1nc(C)cc1C(=O)NCC1CCCCC1O. The molecule has 2 unspecified atom stereocenters. The standard InChI is InChI=1S/C14H23N3O2/c1-3-17-12(8-10(2)16-17)14(19)15-9-11-6-4-5-7-13(11)18/h8,11,13,18H,3-7,9H2,1-2H3,(H,15,19). The van der Waals surface area contributed by atoms with Crippen molar-refractivity contribution in [3.63, 3.8) is 0 Å². The number of carbonyl (C=O) groups is 1. The molecule has 5 heteroatoms. The van der Waals surface area contributed by atoms with E-state index in [1.54, 1.807) is 10.7 Å². The van der Waals surface area contributed by atoms with Crippen molar-refractivity contribution in [2.75, 3.05) is 6.54 Å². The fraction of sp³-hybridized carbons (Fsp3) is 0.714. The lowest BCUT2D eigenvalue weighted by Crippen LogP contribution is -2.37. The molecular formula is C14H23N3O2. The second kappa shape index (κ2) is 6.19. The molecule has 2 rings (SSSR count). The summed E-state index contributed by atoms with van der Waals surface area (Å²) in [6.45, 7) is 5.08. The molecule has 1 saturated carbocycles. The van der Waals surface area contributed by atoms with E-state index in [0.717, 1.165) is 31.4 Å². The highest BCUT2D eigenvalue weighted by Gasteiger charge is 2.24. The van der Waals surface area contributed by atoms with Crippen LogP contribution in [0.4, 0.5) is 0 Å². The molecule has 1 aromatic rings. The molecule has 5 nitrogen and oxygen atoms in total. The summed E-state index contributed by atoms with van der Waals surface area (Å²) in [5.74, 6) is 0.0945. The van der Waals surface area contributed by atoms with E-state index in [9.17, 15) is 9.90 Å². The van der Waals surface area contributed by atoms with Crippen LogP contribution in [0.2, 0.25) is 0 Å². The number of nitrogens with zero attached hydrogens (tertiary/aromatic N) is 2. The zero-order valence-electron chi connectivity index (χ0n) is 11.7. The molecule has 0 bridgehead atoms. The number of amides is 1. The van der Waals surface area contributed by atoms with E-state index in [0.29, 0.717) is 18.8 Å². The maximum absolute atomic E-state index is 12.1. The lowest BCUT2D eigenvalue weighted by Gasteiger charge is -2.27. The molecule has 19 heavy (non-hydrogen) atoms. The maximum atomic E-state index is 12.1. The molecule has 0 aliphatic heterocycles. The van der Waals surface area contributed by atoms with Crippen molar-refractivity contribution in [1.82, 2.24) is 15.1 Å². The first-order valence-electron chi connectivity index (χ1n) is 7.12. The van der Waals surface area contributed by atoms with Crippen molar-refractivity contribution >= 4 is 5.91 Å². The number of aliphatic hydroxyl groups excluding tert-OH is 1. The van der Waals surface area contributed by atoms with E-state index >= 15 is 0 Å². The predicted octanol–water partition coefficient (Wildman–Crippen LogP) is 1.49. The van der Waals surface area contributed by atoms with Gasteiger partial charge in [-0.2, -0.15) is 5.10 Å². The summed E-state index contributed by atoms with van der Waals surface area (Å²) >= 11 is 0. The van der Waals surface area contributed by atoms with Crippen molar-refractivity contribution in [1.29, 1.82) is 0 Å². The van der Waals surface area contributed by atoms with Crippen molar-refractivity contribution in [3.8, 4) is 0 Å². The molecule has 1 fully saturated rings. The van der Waals surface area contributed by atoms with Crippen molar-refractivity contribution in [2.45, 2.75) is 52.2 Å². The Morgan fingerprint density at radius 2 is 2.26 bits per heavy atom. The first kappa shape index (κ1) is 14.1. The lowest BCUT2D eigenvalue weighted by molar-refractivity contribution is 0.0660. The first-order chi connectivity index (χ1) is 9.11. The Hall–Kier alpha value is -1.36. The zero-order chi connectivity index (χ0) is 13.8. The van der Waals surface area contributed by atoms with Gasteiger partial charge in [0.05, 0.1) is 11.8 Å². The van der Waals surface area contributed by atoms with Gasteiger partial charge in [0.2, 0.25) is 0 Å². The lowest BCUT2D eigenvalue weighted by atomic mass is 9.86. The van der Waals surface area contributed by atoms with E-state index in [-0.39, 0.29) is 17.9 Å². The summed E-state index contributed by atoms with van der Waals surface area (Å²) in [6.07, 6.45) is 3.81. The van der Waals surface area contributed by atoms with E-state index in [1.807, 2.05) is 13.8 Å². The maximum Gasteiger partial charge on any atom is 0.269 e. The van der Waals surface area contributed by atoms with Crippen LogP contribution < -0.4 is 5.32 Å². The first-order valence-corrected chi connectivity index (χ1v) is 7.12. The molecule has 1 amide bonds. The summed E-state index contributed by atoms with van der Waals surface area (Å²) in [4.78, 5) is 12.1. The Balaban J connectivity index is 1.93. The van der Waals surface area contributed by atoms with Crippen LogP contribution in [0.5, 0.6) is 0 Å². The Bertz CT molecular complexity index is 442. The van der Waals surface area contributed by atoms with E-state index in [4.69, 9.17) is 0 Å².